The van der Waals surface area contributed by atoms with Gasteiger partial charge in [0.2, 0.25) is 11.8 Å². The summed E-state index contributed by atoms with van der Waals surface area (Å²) in [6, 6.07) is 4.70. The van der Waals surface area contributed by atoms with Gasteiger partial charge in [0.1, 0.15) is 0 Å². The maximum atomic E-state index is 11.5. The summed E-state index contributed by atoms with van der Waals surface area (Å²) in [6.07, 6.45) is 0. The van der Waals surface area contributed by atoms with Gasteiger partial charge in [-0.05, 0) is 30.7 Å². The van der Waals surface area contributed by atoms with Crippen molar-refractivity contribution < 1.29 is 19.5 Å². The van der Waals surface area contributed by atoms with Gasteiger partial charge in [-0.3, -0.25) is 14.4 Å². The molecule has 0 saturated carbocycles. The molecule has 0 fully saturated rings. The van der Waals surface area contributed by atoms with E-state index >= 15 is 0 Å². The highest BCUT2D eigenvalue weighted by molar-refractivity contribution is 8.00. The molecule has 19 heavy (non-hydrogen) atoms. The Bertz CT molecular complexity index is 516. The SMILES string of the molecule is Cc1cc(C(N)=O)ccc1NC(=O)CSCC(=O)O. The fraction of sp³-hybridized carbons (Fsp3) is 0.250. The molecule has 0 spiro atoms. The Morgan fingerprint density at radius 3 is 2.53 bits per heavy atom. The first kappa shape index (κ1) is 15.0. The van der Waals surface area contributed by atoms with Gasteiger partial charge in [0.25, 0.3) is 0 Å². The number of amides is 2. The van der Waals surface area contributed by atoms with Gasteiger partial charge in [-0.2, -0.15) is 0 Å². The summed E-state index contributed by atoms with van der Waals surface area (Å²) >= 11 is 1.02. The van der Waals surface area contributed by atoms with E-state index in [1.165, 1.54) is 6.07 Å². The van der Waals surface area contributed by atoms with Crippen molar-refractivity contribution in [3.05, 3.63) is 29.3 Å². The lowest BCUT2D eigenvalue weighted by molar-refractivity contribution is -0.133. The van der Waals surface area contributed by atoms with Crippen LogP contribution in [0.15, 0.2) is 18.2 Å². The number of benzene rings is 1. The zero-order chi connectivity index (χ0) is 14.4. The van der Waals surface area contributed by atoms with Gasteiger partial charge >= 0.3 is 5.97 Å². The first-order chi connectivity index (χ1) is 8.90. The van der Waals surface area contributed by atoms with E-state index in [0.717, 1.165) is 11.8 Å². The molecule has 0 aliphatic rings. The van der Waals surface area contributed by atoms with E-state index in [-0.39, 0.29) is 17.4 Å². The van der Waals surface area contributed by atoms with Gasteiger partial charge in [-0.15, -0.1) is 11.8 Å². The van der Waals surface area contributed by atoms with Gasteiger partial charge in [0.15, 0.2) is 0 Å². The van der Waals surface area contributed by atoms with Crippen molar-refractivity contribution in [2.24, 2.45) is 5.73 Å². The molecule has 2 amide bonds. The van der Waals surface area contributed by atoms with Crippen LogP contribution in [0.25, 0.3) is 0 Å². The summed E-state index contributed by atoms with van der Waals surface area (Å²) in [5, 5.41) is 11.1. The number of carbonyl (C=O) groups is 3. The number of rotatable bonds is 6. The minimum absolute atomic E-state index is 0.0588. The van der Waals surface area contributed by atoms with Crippen LogP contribution in [-0.2, 0) is 9.59 Å². The third-order valence-corrected chi connectivity index (χ3v) is 3.16. The second-order valence-electron chi connectivity index (χ2n) is 3.83. The lowest BCUT2D eigenvalue weighted by Gasteiger charge is -2.08. The number of aliphatic carboxylic acids is 1. The van der Waals surface area contributed by atoms with Crippen molar-refractivity contribution in [1.29, 1.82) is 0 Å². The molecule has 0 saturated heterocycles. The average molecular weight is 282 g/mol. The number of hydrogen-bond acceptors (Lipinski definition) is 4. The van der Waals surface area contributed by atoms with E-state index in [2.05, 4.69) is 5.32 Å². The average Bonchev–Trinajstić information content (AvgIpc) is 2.31. The molecule has 0 heterocycles. The maximum Gasteiger partial charge on any atom is 0.313 e. The number of primary amides is 1. The van der Waals surface area contributed by atoms with E-state index in [0.29, 0.717) is 16.8 Å². The van der Waals surface area contributed by atoms with Gasteiger partial charge < -0.3 is 16.2 Å². The van der Waals surface area contributed by atoms with Crippen molar-refractivity contribution in [1.82, 2.24) is 0 Å². The smallest absolute Gasteiger partial charge is 0.313 e. The molecule has 0 atom stereocenters. The Balaban J connectivity index is 2.59. The zero-order valence-corrected chi connectivity index (χ0v) is 11.1. The second-order valence-corrected chi connectivity index (χ2v) is 4.81. The van der Waals surface area contributed by atoms with Crippen molar-refractivity contribution in [2.45, 2.75) is 6.92 Å². The van der Waals surface area contributed by atoms with Crippen LogP contribution < -0.4 is 11.1 Å². The molecular weight excluding hydrogens is 268 g/mol. The van der Waals surface area contributed by atoms with Crippen LogP contribution in [0.3, 0.4) is 0 Å². The van der Waals surface area contributed by atoms with Crippen LogP contribution in [0, 0.1) is 6.92 Å². The predicted octanol–water partition coefficient (Wildman–Crippen LogP) is 0.850. The highest BCUT2D eigenvalue weighted by Gasteiger charge is 2.08. The van der Waals surface area contributed by atoms with Crippen LogP contribution >= 0.6 is 11.8 Å². The highest BCUT2D eigenvalue weighted by atomic mass is 32.2. The molecule has 6 nitrogen and oxygen atoms in total. The summed E-state index contributed by atoms with van der Waals surface area (Å²) in [7, 11) is 0. The molecular formula is C12H14N2O4S. The van der Waals surface area contributed by atoms with Gasteiger partial charge in [-0.1, -0.05) is 0 Å². The van der Waals surface area contributed by atoms with E-state index in [1.807, 2.05) is 0 Å². The molecule has 1 rings (SSSR count). The molecule has 0 radical (unpaired) electrons. The van der Waals surface area contributed by atoms with E-state index in [9.17, 15) is 14.4 Å². The normalized spacial score (nSPS) is 9.95. The van der Waals surface area contributed by atoms with E-state index in [4.69, 9.17) is 10.8 Å². The molecule has 0 unspecified atom stereocenters. The molecule has 0 aliphatic carbocycles. The number of carbonyl (C=O) groups excluding carboxylic acids is 2. The lowest BCUT2D eigenvalue weighted by atomic mass is 10.1. The molecule has 1 aromatic carbocycles. The lowest BCUT2D eigenvalue weighted by Crippen LogP contribution is -2.17. The molecule has 7 heteroatoms. The molecule has 0 aromatic heterocycles. The standard InChI is InChI=1S/C12H14N2O4S/c1-7-4-8(12(13)18)2-3-9(7)14-10(15)5-19-6-11(16)17/h2-4H,5-6H2,1H3,(H2,13,18)(H,14,15)(H,16,17). The molecule has 0 bridgehead atoms. The Kier molecular flexibility index (Phi) is 5.37. The monoisotopic (exact) mass is 282 g/mol. The van der Waals surface area contributed by atoms with Crippen LogP contribution in [0.2, 0.25) is 0 Å². The minimum atomic E-state index is -0.959. The summed E-state index contributed by atoms with van der Waals surface area (Å²) in [4.78, 5) is 32.8. The number of anilines is 1. The number of nitrogens with two attached hydrogens (primary N) is 1. The fourth-order valence-corrected chi connectivity index (χ4v) is 1.91. The Morgan fingerprint density at radius 2 is 2.00 bits per heavy atom. The van der Waals surface area contributed by atoms with Crippen LogP contribution in [0.5, 0.6) is 0 Å². The zero-order valence-electron chi connectivity index (χ0n) is 10.3. The number of carboxylic acids is 1. The Morgan fingerprint density at radius 1 is 1.32 bits per heavy atom. The van der Waals surface area contributed by atoms with Crippen LogP contribution in [0.1, 0.15) is 15.9 Å². The van der Waals surface area contributed by atoms with Crippen LogP contribution in [0.4, 0.5) is 5.69 Å². The Hall–Kier alpha value is -2.02. The summed E-state index contributed by atoms with van der Waals surface area (Å²) in [5.41, 5.74) is 6.80. The van der Waals surface area contributed by atoms with Crippen molar-refractivity contribution >= 4 is 35.2 Å². The number of aryl methyl sites for hydroxylation is 1. The third-order valence-electron chi connectivity index (χ3n) is 2.24. The second kappa shape index (κ2) is 6.79. The number of carboxylic acid groups (broad SMARTS) is 1. The highest BCUT2D eigenvalue weighted by Crippen LogP contribution is 2.16. The van der Waals surface area contributed by atoms with Crippen molar-refractivity contribution in [3.8, 4) is 0 Å². The van der Waals surface area contributed by atoms with Gasteiger partial charge in [0, 0.05) is 11.3 Å². The van der Waals surface area contributed by atoms with Gasteiger partial charge in [0.05, 0.1) is 11.5 Å². The van der Waals surface area contributed by atoms with E-state index < -0.39 is 11.9 Å². The summed E-state index contributed by atoms with van der Waals surface area (Å²) < 4.78 is 0. The van der Waals surface area contributed by atoms with Crippen LogP contribution in [-0.4, -0.2) is 34.4 Å². The molecule has 102 valence electrons. The first-order valence-corrected chi connectivity index (χ1v) is 6.55. The molecule has 0 aliphatic heterocycles. The first-order valence-electron chi connectivity index (χ1n) is 5.40. The number of hydrogen-bond donors (Lipinski definition) is 3. The minimum Gasteiger partial charge on any atom is -0.481 e. The van der Waals surface area contributed by atoms with Crippen molar-refractivity contribution in [2.75, 3.05) is 16.8 Å². The molecule has 4 N–H and O–H groups in total. The van der Waals surface area contributed by atoms with E-state index in [1.54, 1.807) is 19.1 Å². The fourth-order valence-electron chi connectivity index (χ4n) is 1.37. The third kappa shape index (κ3) is 5.01. The van der Waals surface area contributed by atoms with Gasteiger partial charge in [-0.25, -0.2) is 0 Å². The maximum absolute atomic E-state index is 11.5. The van der Waals surface area contributed by atoms with Crippen molar-refractivity contribution in [3.63, 3.8) is 0 Å². The Labute approximate surface area is 114 Å². The topological polar surface area (TPSA) is 109 Å². The number of thioether (sulfide) groups is 1. The summed E-state index contributed by atoms with van der Waals surface area (Å²) in [5.74, 6) is -1.84. The predicted molar refractivity (Wildman–Crippen MR) is 73.3 cm³/mol. The largest absolute Gasteiger partial charge is 0.481 e. The summed E-state index contributed by atoms with van der Waals surface area (Å²) in [6.45, 7) is 1.74. The molecule has 1 aromatic rings. The quantitative estimate of drug-likeness (QED) is 0.716. The number of nitrogens with one attached hydrogen (secondary N) is 1.